The van der Waals surface area contributed by atoms with Gasteiger partial charge in [-0.1, -0.05) is 13.0 Å². The molecule has 0 radical (unpaired) electrons. The van der Waals surface area contributed by atoms with Gasteiger partial charge >= 0.3 is 5.97 Å². The van der Waals surface area contributed by atoms with Crippen LogP contribution in [0.15, 0.2) is 18.2 Å². The number of aromatic carboxylic acids is 1. The molecule has 1 atom stereocenters. The molecule has 1 aromatic carbocycles. The lowest BCUT2D eigenvalue weighted by Gasteiger charge is -2.14. The van der Waals surface area contributed by atoms with Gasteiger partial charge in [-0.25, -0.2) is 4.79 Å². The maximum Gasteiger partial charge on any atom is 0.339 e. The van der Waals surface area contributed by atoms with E-state index in [-0.39, 0.29) is 17.0 Å². The molecule has 0 bridgehead atoms. The van der Waals surface area contributed by atoms with Crippen LogP contribution in [0, 0.1) is 11.3 Å². The molecule has 0 aliphatic rings. The molecule has 84 valence electrons. The molecule has 16 heavy (non-hydrogen) atoms. The number of nitriles is 1. The number of carbonyl (C=O) groups is 1. The second-order valence-corrected chi connectivity index (χ2v) is 3.17. The van der Waals surface area contributed by atoms with E-state index in [0.29, 0.717) is 6.42 Å². The Labute approximate surface area is 93.1 Å². The summed E-state index contributed by atoms with van der Waals surface area (Å²) in [5, 5.41) is 17.7. The van der Waals surface area contributed by atoms with Crippen molar-refractivity contribution in [2.24, 2.45) is 0 Å². The minimum atomic E-state index is -1.13. The highest BCUT2D eigenvalue weighted by Gasteiger charge is 2.17. The van der Waals surface area contributed by atoms with E-state index in [1.54, 1.807) is 6.92 Å². The predicted octanol–water partition coefficient (Wildman–Crippen LogP) is 1.65. The van der Waals surface area contributed by atoms with E-state index in [0.717, 1.165) is 0 Å². The number of anilines is 1. The fourth-order valence-electron chi connectivity index (χ4n) is 1.20. The number of hydrogen-bond acceptors (Lipinski definition) is 4. The fraction of sp³-hybridized carbons (Fsp3) is 0.273. The van der Waals surface area contributed by atoms with Crippen LogP contribution in [-0.2, 0) is 0 Å². The molecule has 5 heteroatoms. The smallest absolute Gasteiger partial charge is 0.339 e. The topological polar surface area (TPSA) is 96.3 Å². The monoisotopic (exact) mass is 220 g/mol. The number of para-hydroxylation sites is 1. The quantitative estimate of drug-likeness (QED) is 0.752. The van der Waals surface area contributed by atoms with Gasteiger partial charge in [0.05, 0.1) is 5.69 Å². The van der Waals surface area contributed by atoms with Gasteiger partial charge in [0.1, 0.15) is 11.6 Å². The van der Waals surface area contributed by atoms with Gasteiger partial charge < -0.3 is 15.6 Å². The van der Waals surface area contributed by atoms with Gasteiger partial charge in [0.2, 0.25) is 0 Å². The summed E-state index contributed by atoms with van der Waals surface area (Å²) in [5.74, 6) is -1.07. The zero-order valence-electron chi connectivity index (χ0n) is 8.80. The van der Waals surface area contributed by atoms with Crippen LogP contribution in [0.25, 0.3) is 0 Å². The molecule has 1 rings (SSSR count). The van der Waals surface area contributed by atoms with Crippen molar-refractivity contribution in [1.82, 2.24) is 0 Å². The summed E-state index contributed by atoms with van der Waals surface area (Å²) in [5.41, 5.74) is 5.80. The third-order valence-electron chi connectivity index (χ3n) is 2.05. The summed E-state index contributed by atoms with van der Waals surface area (Å²) < 4.78 is 5.27. The molecular formula is C11H12N2O3. The van der Waals surface area contributed by atoms with E-state index < -0.39 is 12.1 Å². The van der Waals surface area contributed by atoms with Gasteiger partial charge in [0.15, 0.2) is 11.9 Å². The molecule has 0 spiro atoms. The van der Waals surface area contributed by atoms with E-state index >= 15 is 0 Å². The van der Waals surface area contributed by atoms with Crippen LogP contribution < -0.4 is 10.5 Å². The second-order valence-electron chi connectivity index (χ2n) is 3.17. The number of ether oxygens (including phenoxy) is 1. The number of rotatable bonds is 4. The van der Waals surface area contributed by atoms with Crippen molar-refractivity contribution in [2.75, 3.05) is 5.73 Å². The zero-order valence-corrected chi connectivity index (χ0v) is 8.80. The summed E-state index contributed by atoms with van der Waals surface area (Å²) in [4.78, 5) is 10.9. The Morgan fingerprint density at radius 2 is 2.38 bits per heavy atom. The van der Waals surface area contributed by atoms with Crippen LogP contribution in [0.2, 0.25) is 0 Å². The summed E-state index contributed by atoms with van der Waals surface area (Å²) in [7, 11) is 0. The average molecular weight is 220 g/mol. The molecule has 1 aromatic rings. The van der Waals surface area contributed by atoms with Crippen molar-refractivity contribution in [3.05, 3.63) is 23.8 Å². The molecule has 0 aliphatic carbocycles. The normalized spacial score (nSPS) is 11.5. The molecule has 0 aliphatic heterocycles. The molecule has 1 unspecified atom stereocenters. The Hall–Kier alpha value is -2.22. The van der Waals surface area contributed by atoms with Crippen LogP contribution in [0.3, 0.4) is 0 Å². The van der Waals surface area contributed by atoms with Crippen molar-refractivity contribution >= 4 is 11.7 Å². The molecule has 5 nitrogen and oxygen atoms in total. The van der Waals surface area contributed by atoms with Crippen LogP contribution in [0.4, 0.5) is 5.69 Å². The van der Waals surface area contributed by atoms with E-state index in [1.807, 2.05) is 6.07 Å². The fourth-order valence-corrected chi connectivity index (χ4v) is 1.20. The number of nitrogens with two attached hydrogens (primary N) is 1. The van der Waals surface area contributed by atoms with Crippen molar-refractivity contribution in [3.8, 4) is 11.8 Å². The molecule has 0 aromatic heterocycles. The van der Waals surface area contributed by atoms with Crippen molar-refractivity contribution in [1.29, 1.82) is 5.26 Å². The number of nitrogen functional groups attached to an aromatic ring is 1. The predicted molar refractivity (Wildman–Crippen MR) is 58.1 cm³/mol. The number of carboxylic acids is 1. The first kappa shape index (κ1) is 11.9. The van der Waals surface area contributed by atoms with Gasteiger partial charge in [0.25, 0.3) is 0 Å². The molecule has 3 N–H and O–H groups in total. The number of nitrogens with zero attached hydrogens (tertiary/aromatic N) is 1. The standard InChI is InChI=1S/C11H12N2O3/c1-2-7(6-12)16-10-8(11(14)15)4-3-5-9(10)13/h3-5,7H,2,13H2,1H3,(H,14,15). The third-order valence-corrected chi connectivity index (χ3v) is 2.05. The molecule has 0 saturated heterocycles. The number of benzene rings is 1. The third kappa shape index (κ3) is 2.42. The van der Waals surface area contributed by atoms with Gasteiger partial charge in [0, 0.05) is 0 Å². The first-order chi connectivity index (χ1) is 7.60. The number of hydrogen-bond donors (Lipinski definition) is 2. The summed E-state index contributed by atoms with van der Waals surface area (Å²) in [6.45, 7) is 1.77. The van der Waals surface area contributed by atoms with Crippen LogP contribution in [0.1, 0.15) is 23.7 Å². The van der Waals surface area contributed by atoms with Crippen LogP contribution in [-0.4, -0.2) is 17.2 Å². The van der Waals surface area contributed by atoms with E-state index in [9.17, 15) is 4.79 Å². The largest absolute Gasteiger partial charge is 0.478 e. The van der Waals surface area contributed by atoms with E-state index in [4.69, 9.17) is 20.8 Å². The Morgan fingerprint density at radius 1 is 1.69 bits per heavy atom. The summed E-state index contributed by atoms with van der Waals surface area (Å²) in [6, 6.07) is 6.37. The SMILES string of the molecule is CCC(C#N)Oc1c(N)cccc1C(=O)O. The summed E-state index contributed by atoms with van der Waals surface area (Å²) in [6.07, 6.45) is -0.230. The minimum Gasteiger partial charge on any atom is -0.478 e. The molecule has 0 saturated carbocycles. The van der Waals surface area contributed by atoms with Crippen LogP contribution in [0.5, 0.6) is 5.75 Å². The Balaban J connectivity index is 3.11. The van der Waals surface area contributed by atoms with Crippen molar-refractivity contribution in [3.63, 3.8) is 0 Å². The Bertz CT molecular complexity index is 437. The average Bonchev–Trinajstić information content (AvgIpc) is 2.27. The van der Waals surface area contributed by atoms with E-state index in [2.05, 4.69) is 0 Å². The molecule has 0 heterocycles. The van der Waals surface area contributed by atoms with Gasteiger partial charge in [-0.15, -0.1) is 0 Å². The first-order valence-electron chi connectivity index (χ1n) is 4.78. The zero-order chi connectivity index (χ0) is 12.1. The lowest BCUT2D eigenvalue weighted by Crippen LogP contribution is -2.15. The lowest BCUT2D eigenvalue weighted by atomic mass is 10.1. The second kappa shape index (κ2) is 5.03. The van der Waals surface area contributed by atoms with Gasteiger partial charge in [-0.2, -0.15) is 5.26 Å². The molecule has 0 amide bonds. The highest BCUT2D eigenvalue weighted by atomic mass is 16.5. The Morgan fingerprint density at radius 3 is 2.88 bits per heavy atom. The van der Waals surface area contributed by atoms with Gasteiger partial charge in [-0.05, 0) is 18.6 Å². The highest BCUT2D eigenvalue weighted by Crippen LogP contribution is 2.27. The first-order valence-corrected chi connectivity index (χ1v) is 4.78. The Kier molecular flexibility index (Phi) is 3.72. The maximum absolute atomic E-state index is 10.9. The molecule has 0 fully saturated rings. The maximum atomic E-state index is 10.9. The summed E-state index contributed by atoms with van der Waals surface area (Å²) >= 11 is 0. The number of carboxylic acid groups (broad SMARTS) is 1. The van der Waals surface area contributed by atoms with Gasteiger partial charge in [-0.3, -0.25) is 0 Å². The van der Waals surface area contributed by atoms with Crippen molar-refractivity contribution in [2.45, 2.75) is 19.4 Å². The van der Waals surface area contributed by atoms with E-state index in [1.165, 1.54) is 18.2 Å². The minimum absolute atomic E-state index is 0.0336. The highest BCUT2D eigenvalue weighted by molar-refractivity contribution is 5.93. The van der Waals surface area contributed by atoms with Crippen LogP contribution >= 0.6 is 0 Å². The lowest BCUT2D eigenvalue weighted by molar-refractivity contribution is 0.0691. The molecular weight excluding hydrogens is 208 g/mol. The van der Waals surface area contributed by atoms with Crippen molar-refractivity contribution < 1.29 is 14.6 Å².